The fourth-order valence-corrected chi connectivity index (χ4v) is 3.09. The average molecular weight is 373 g/mol. The number of ether oxygens (including phenoxy) is 1. The molecule has 2 rings (SSSR count). The number of benzene rings is 1. The molecule has 0 aliphatic rings. The number of rotatable bonds is 7. The Morgan fingerprint density at radius 3 is 2.50 bits per heavy atom. The minimum atomic E-state index is -0.809. The van der Waals surface area contributed by atoms with Crippen LogP contribution in [0.4, 0.5) is 0 Å². The van der Waals surface area contributed by atoms with E-state index >= 15 is 0 Å². The van der Waals surface area contributed by atoms with Crippen molar-refractivity contribution in [2.45, 2.75) is 33.7 Å². The van der Waals surface area contributed by atoms with E-state index < -0.39 is 12.0 Å². The van der Waals surface area contributed by atoms with Gasteiger partial charge in [-0.15, -0.1) is 11.3 Å². The second-order valence-electron chi connectivity index (χ2n) is 6.52. The zero-order chi connectivity index (χ0) is 19.3. The highest BCUT2D eigenvalue weighted by atomic mass is 32.1. The van der Waals surface area contributed by atoms with Crippen LogP contribution in [0.3, 0.4) is 0 Å². The number of Topliss-reactive ketones (excluding diaryl/α,β-unsaturated/α-hetero) is 1. The van der Waals surface area contributed by atoms with Gasteiger partial charge in [0, 0.05) is 5.56 Å². The molecule has 26 heavy (non-hydrogen) atoms. The van der Waals surface area contributed by atoms with Crippen molar-refractivity contribution in [3.8, 4) is 0 Å². The maximum atomic E-state index is 12.4. The summed E-state index contributed by atoms with van der Waals surface area (Å²) in [5.74, 6) is -1.35. The zero-order valence-electron chi connectivity index (χ0n) is 15.4. The van der Waals surface area contributed by atoms with Gasteiger partial charge >= 0.3 is 5.97 Å². The Morgan fingerprint density at radius 2 is 1.88 bits per heavy atom. The van der Waals surface area contributed by atoms with E-state index in [4.69, 9.17) is 4.74 Å². The molecular formula is C20H23NO4S. The van der Waals surface area contributed by atoms with Crippen molar-refractivity contribution in [2.75, 3.05) is 6.61 Å². The van der Waals surface area contributed by atoms with Gasteiger partial charge in [0.15, 0.2) is 6.61 Å². The molecule has 138 valence electrons. The number of ketones is 1. The molecule has 5 nitrogen and oxygen atoms in total. The molecule has 0 aliphatic heterocycles. The normalized spacial score (nSPS) is 11.9. The lowest BCUT2D eigenvalue weighted by Crippen LogP contribution is -2.45. The van der Waals surface area contributed by atoms with Gasteiger partial charge < -0.3 is 10.1 Å². The summed E-state index contributed by atoms with van der Waals surface area (Å²) in [6, 6.07) is 8.22. The van der Waals surface area contributed by atoms with E-state index in [-0.39, 0.29) is 24.2 Å². The fourth-order valence-electron chi connectivity index (χ4n) is 2.46. The number of carbonyl (C=O) groups excluding carboxylic acids is 3. The van der Waals surface area contributed by atoms with Gasteiger partial charge in [-0.3, -0.25) is 9.59 Å². The molecule has 0 radical (unpaired) electrons. The predicted molar refractivity (Wildman–Crippen MR) is 102 cm³/mol. The summed E-state index contributed by atoms with van der Waals surface area (Å²) in [5, 5.41) is 4.48. The molecule has 6 heteroatoms. The molecule has 0 fully saturated rings. The summed E-state index contributed by atoms with van der Waals surface area (Å²) >= 11 is 1.30. The van der Waals surface area contributed by atoms with Crippen molar-refractivity contribution >= 4 is 29.0 Å². The second kappa shape index (κ2) is 8.76. The molecule has 1 atom stereocenters. The van der Waals surface area contributed by atoms with Gasteiger partial charge in [0.2, 0.25) is 5.78 Å². The monoisotopic (exact) mass is 373 g/mol. The van der Waals surface area contributed by atoms with Crippen LogP contribution in [-0.2, 0) is 9.53 Å². The lowest BCUT2D eigenvalue weighted by Gasteiger charge is -2.20. The third-order valence-electron chi connectivity index (χ3n) is 3.99. The summed E-state index contributed by atoms with van der Waals surface area (Å²) < 4.78 is 5.19. The van der Waals surface area contributed by atoms with E-state index in [1.807, 2.05) is 39.8 Å². The van der Waals surface area contributed by atoms with Gasteiger partial charge in [-0.1, -0.05) is 37.6 Å². The van der Waals surface area contributed by atoms with Gasteiger partial charge in [0.25, 0.3) is 5.91 Å². The number of nitrogens with one attached hydrogen (secondary N) is 1. The smallest absolute Gasteiger partial charge is 0.329 e. The first-order valence-corrected chi connectivity index (χ1v) is 9.29. The van der Waals surface area contributed by atoms with E-state index in [0.717, 1.165) is 11.1 Å². The summed E-state index contributed by atoms with van der Waals surface area (Å²) in [5.41, 5.74) is 2.35. The van der Waals surface area contributed by atoms with Crippen molar-refractivity contribution in [1.29, 1.82) is 0 Å². The van der Waals surface area contributed by atoms with Gasteiger partial charge in [0.1, 0.15) is 6.04 Å². The predicted octanol–water partition coefficient (Wildman–Crippen LogP) is 3.55. The molecule has 1 N–H and O–H groups in total. The van der Waals surface area contributed by atoms with Crippen LogP contribution < -0.4 is 5.32 Å². The molecule has 0 saturated heterocycles. The summed E-state index contributed by atoms with van der Waals surface area (Å²) in [6.07, 6.45) is 0. The second-order valence-corrected chi connectivity index (χ2v) is 7.47. The zero-order valence-corrected chi connectivity index (χ0v) is 16.2. The summed E-state index contributed by atoms with van der Waals surface area (Å²) in [6.45, 7) is 7.02. The van der Waals surface area contributed by atoms with E-state index in [2.05, 4.69) is 5.32 Å². The van der Waals surface area contributed by atoms with Crippen LogP contribution in [0.1, 0.15) is 45.0 Å². The molecule has 1 aromatic heterocycles. The van der Waals surface area contributed by atoms with Crippen LogP contribution in [0.2, 0.25) is 0 Å². The highest BCUT2D eigenvalue weighted by Gasteiger charge is 2.27. The lowest BCUT2D eigenvalue weighted by atomic mass is 10.0. The van der Waals surface area contributed by atoms with Crippen LogP contribution in [-0.4, -0.2) is 30.3 Å². The third-order valence-corrected chi connectivity index (χ3v) is 4.86. The van der Waals surface area contributed by atoms with Gasteiger partial charge in [-0.25, -0.2) is 4.79 Å². The molecule has 0 unspecified atom stereocenters. The Bertz CT molecular complexity index is 796. The molecular weight excluding hydrogens is 350 g/mol. The quantitative estimate of drug-likeness (QED) is 0.595. The molecule has 0 spiro atoms. The first kappa shape index (κ1) is 19.8. The van der Waals surface area contributed by atoms with Crippen molar-refractivity contribution in [3.63, 3.8) is 0 Å². The Morgan fingerprint density at radius 1 is 1.15 bits per heavy atom. The van der Waals surface area contributed by atoms with Gasteiger partial charge in [0.05, 0.1) is 4.88 Å². The van der Waals surface area contributed by atoms with Crippen molar-refractivity contribution in [3.05, 3.63) is 57.3 Å². The highest BCUT2D eigenvalue weighted by Crippen LogP contribution is 2.13. The van der Waals surface area contributed by atoms with Crippen LogP contribution >= 0.6 is 11.3 Å². The molecule has 1 heterocycles. The topological polar surface area (TPSA) is 72.5 Å². The van der Waals surface area contributed by atoms with Crippen molar-refractivity contribution in [1.82, 2.24) is 5.32 Å². The number of amides is 1. The summed E-state index contributed by atoms with van der Waals surface area (Å²) in [4.78, 5) is 37.5. The van der Waals surface area contributed by atoms with E-state index in [1.54, 1.807) is 23.6 Å². The largest absolute Gasteiger partial charge is 0.456 e. The Labute approximate surface area is 157 Å². The number of thiophene rings is 1. The van der Waals surface area contributed by atoms with E-state index in [1.165, 1.54) is 11.3 Å². The van der Waals surface area contributed by atoms with Gasteiger partial charge in [-0.2, -0.15) is 0 Å². The van der Waals surface area contributed by atoms with Crippen LogP contribution in [0.5, 0.6) is 0 Å². The van der Waals surface area contributed by atoms with E-state index in [0.29, 0.717) is 10.4 Å². The van der Waals surface area contributed by atoms with Crippen LogP contribution in [0, 0.1) is 19.8 Å². The third kappa shape index (κ3) is 5.02. The maximum Gasteiger partial charge on any atom is 0.329 e. The standard InChI is InChI=1S/C20H23NO4S/c1-12(2)18(21-19(23)17-6-5-9-26-17)20(24)25-11-16(22)15-10-13(3)7-8-14(15)4/h5-10,12,18H,11H2,1-4H3,(H,21,23)/t18-/m1/s1. The SMILES string of the molecule is Cc1ccc(C)c(C(=O)COC(=O)[C@H](NC(=O)c2cccs2)C(C)C)c1. The number of esters is 1. The van der Waals surface area contributed by atoms with Crippen molar-refractivity contribution < 1.29 is 19.1 Å². The highest BCUT2D eigenvalue weighted by molar-refractivity contribution is 7.12. The van der Waals surface area contributed by atoms with Crippen molar-refractivity contribution in [2.24, 2.45) is 5.92 Å². The lowest BCUT2D eigenvalue weighted by molar-refractivity contribution is -0.145. The Balaban J connectivity index is 2.00. The molecule has 1 amide bonds. The summed E-state index contributed by atoms with van der Waals surface area (Å²) in [7, 11) is 0. The number of carbonyl (C=O) groups is 3. The molecule has 1 aromatic carbocycles. The Kier molecular flexibility index (Phi) is 6.69. The molecule has 0 saturated carbocycles. The van der Waals surface area contributed by atoms with E-state index in [9.17, 15) is 14.4 Å². The first-order chi connectivity index (χ1) is 12.3. The van der Waals surface area contributed by atoms with Gasteiger partial charge in [-0.05, 0) is 42.8 Å². The Hall–Kier alpha value is -2.47. The van der Waals surface area contributed by atoms with Crippen LogP contribution in [0.15, 0.2) is 35.7 Å². The number of hydrogen-bond donors (Lipinski definition) is 1. The van der Waals surface area contributed by atoms with Crippen LogP contribution in [0.25, 0.3) is 0 Å². The maximum absolute atomic E-state index is 12.4. The number of aryl methyl sites for hydroxylation is 2. The fraction of sp³-hybridized carbons (Fsp3) is 0.350. The molecule has 0 aliphatic carbocycles. The molecule has 2 aromatic rings. The minimum Gasteiger partial charge on any atom is -0.456 e. The molecule has 0 bridgehead atoms. The minimum absolute atomic E-state index is 0.165. The average Bonchev–Trinajstić information content (AvgIpc) is 3.13. The first-order valence-electron chi connectivity index (χ1n) is 8.41. The number of hydrogen-bond acceptors (Lipinski definition) is 5.